The molecule has 1 aromatic heterocycles. The molecule has 1 saturated carbocycles. The summed E-state index contributed by atoms with van der Waals surface area (Å²) in [7, 11) is 0. The minimum atomic E-state index is 0.187. The molecule has 29 heavy (non-hydrogen) atoms. The maximum Gasteiger partial charge on any atom is 0.162 e. The molecule has 4 heteroatoms. The van der Waals surface area contributed by atoms with Crippen molar-refractivity contribution in [2.24, 2.45) is 5.41 Å². The van der Waals surface area contributed by atoms with Gasteiger partial charge in [0.1, 0.15) is 18.2 Å². The van der Waals surface area contributed by atoms with Crippen LogP contribution in [-0.2, 0) is 5.41 Å². The van der Waals surface area contributed by atoms with Gasteiger partial charge in [-0.15, -0.1) is 0 Å². The SMILES string of the molecule is CCC12CCC1(CC)C1N(c3ccccc3)c3cncnc3N1c1ccccc12. The topological polar surface area (TPSA) is 32.3 Å². The number of hydrogen-bond donors (Lipinski definition) is 0. The van der Waals surface area contributed by atoms with Crippen LogP contribution in [0.1, 0.15) is 45.1 Å². The summed E-state index contributed by atoms with van der Waals surface area (Å²) in [6, 6.07) is 19.8. The van der Waals surface area contributed by atoms with E-state index in [1.54, 1.807) is 6.33 Å². The molecule has 6 rings (SSSR count). The number of benzene rings is 2. The van der Waals surface area contributed by atoms with Crippen LogP contribution in [0.2, 0.25) is 0 Å². The zero-order chi connectivity index (χ0) is 19.6. The summed E-state index contributed by atoms with van der Waals surface area (Å²) in [6.45, 7) is 4.76. The van der Waals surface area contributed by atoms with Crippen molar-refractivity contribution < 1.29 is 0 Å². The smallest absolute Gasteiger partial charge is 0.162 e. The Morgan fingerprint density at radius 1 is 0.897 bits per heavy atom. The predicted octanol–water partition coefficient (Wildman–Crippen LogP) is 5.94. The van der Waals surface area contributed by atoms with Crippen molar-refractivity contribution >= 4 is 22.9 Å². The molecule has 2 aromatic carbocycles. The molecule has 0 spiro atoms. The summed E-state index contributed by atoms with van der Waals surface area (Å²) in [6.07, 6.45) is 8.75. The molecule has 3 unspecified atom stereocenters. The molecule has 0 N–H and O–H groups in total. The summed E-state index contributed by atoms with van der Waals surface area (Å²) < 4.78 is 0. The summed E-state index contributed by atoms with van der Waals surface area (Å²) in [4.78, 5) is 14.2. The average molecular weight is 383 g/mol. The summed E-state index contributed by atoms with van der Waals surface area (Å²) in [5.41, 5.74) is 5.58. The Morgan fingerprint density at radius 2 is 1.69 bits per heavy atom. The van der Waals surface area contributed by atoms with Gasteiger partial charge in [0.05, 0.1) is 6.20 Å². The number of rotatable bonds is 3. The Hall–Kier alpha value is -2.88. The van der Waals surface area contributed by atoms with Crippen LogP contribution >= 0.6 is 0 Å². The highest BCUT2D eigenvalue weighted by molar-refractivity contribution is 5.88. The molecular formula is C25H26N4. The Bertz CT molecular complexity index is 1070. The van der Waals surface area contributed by atoms with Crippen molar-refractivity contribution in [2.45, 2.75) is 51.1 Å². The van der Waals surface area contributed by atoms with Gasteiger partial charge in [-0.1, -0.05) is 50.2 Å². The van der Waals surface area contributed by atoms with Crippen molar-refractivity contribution in [2.75, 3.05) is 9.80 Å². The molecule has 146 valence electrons. The van der Waals surface area contributed by atoms with Crippen molar-refractivity contribution in [3.05, 3.63) is 72.7 Å². The van der Waals surface area contributed by atoms with Crippen LogP contribution in [0.25, 0.3) is 0 Å². The molecule has 0 bridgehead atoms. The lowest BCUT2D eigenvalue weighted by molar-refractivity contribution is -0.0455. The minimum absolute atomic E-state index is 0.187. The first kappa shape index (κ1) is 17.0. The zero-order valence-corrected chi connectivity index (χ0v) is 17.0. The fraction of sp³-hybridized carbons (Fsp3) is 0.360. The van der Waals surface area contributed by atoms with E-state index in [9.17, 15) is 0 Å². The van der Waals surface area contributed by atoms with Gasteiger partial charge in [-0.2, -0.15) is 0 Å². The van der Waals surface area contributed by atoms with E-state index in [4.69, 9.17) is 4.98 Å². The van der Waals surface area contributed by atoms with Gasteiger partial charge in [0.15, 0.2) is 5.82 Å². The second-order valence-corrected chi connectivity index (χ2v) is 8.64. The van der Waals surface area contributed by atoms with Gasteiger partial charge in [0.25, 0.3) is 0 Å². The molecule has 1 aliphatic carbocycles. The number of anilines is 4. The summed E-state index contributed by atoms with van der Waals surface area (Å²) in [5.74, 6) is 1.03. The fourth-order valence-electron chi connectivity index (χ4n) is 6.68. The number of para-hydroxylation sites is 2. The highest BCUT2D eigenvalue weighted by Crippen LogP contribution is 2.72. The molecule has 3 aromatic rings. The highest BCUT2D eigenvalue weighted by Gasteiger charge is 2.69. The zero-order valence-electron chi connectivity index (χ0n) is 17.0. The van der Waals surface area contributed by atoms with E-state index in [1.165, 1.54) is 36.2 Å². The molecule has 1 fully saturated rings. The molecule has 4 nitrogen and oxygen atoms in total. The van der Waals surface area contributed by atoms with Gasteiger partial charge >= 0.3 is 0 Å². The average Bonchev–Trinajstić information content (AvgIpc) is 3.10. The molecule has 2 aliphatic heterocycles. The molecule has 0 saturated heterocycles. The number of nitrogens with zero attached hydrogens (tertiary/aromatic N) is 4. The molecule has 3 aliphatic rings. The molecular weight excluding hydrogens is 356 g/mol. The molecule has 3 atom stereocenters. The van der Waals surface area contributed by atoms with Crippen LogP contribution < -0.4 is 9.80 Å². The van der Waals surface area contributed by atoms with E-state index in [0.29, 0.717) is 0 Å². The third-order valence-corrected chi connectivity index (χ3v) is 8.04. The number of hydrogen-bond acceptors (Lipinski definition) is 4. The second kappa shape index (κ2) is 5.82. The maximum atomic E-state index is 4.79. The number of aromatic nitrogens is 2. The van der Waals surface area contributed by atoms with Crippen LogP contribution in [0.3, 0.4) is 0 Å². The van der Waals surface area contributed by atoms with Crippen LogP contribution in [0.5, 0.6) is 0 Å². The lowest BCUT2D eigenvalue weighted by Gasteiger charge is -2.68. The van der Waals surface area contributed by atoms with E-state index in [0.717, 1.165) is 17.9 Å². The van der Waals surface area contributed by atoms with E-state index in [1.807, 2.05) is 6.20 Å². The van der Waals surface area contributed by atoms with Crippen LogP contribution in [0, 0.1) is 5.41 Å². The standard InChI is InChI=1S/C25H26N4/c1-3-24-14-15-25(24,4-2)23-28(18-10-6-5-7-11-18)21-16-26-17-27-22(21)29(23)20-13-9-8-12-19(20)24/h5-13,16-17,23H,3-4,14-15H2,1-2H3. The highest BCUT2D eigenvalue weighted by atomic mass is 15.5. The van der Waals surface area contributed by atoms with Crippen LogP contribution in [0.4, 0.5) is 22.9 Å². The first-order chi connectivity index (χ1) is 14.3. The third-order valence-electron chi connectivity index (χ3n) is 8.04. The van der Waals surface area contributed by atoms with Crippen LogP contribution in [-0.4, -0.2) is 16.1 Å². The lowest BCUT2D eigenvalue weighted by atomic mass is 9.42. The Morgan fingerprint density at radius 3 is 2.41 bits per heavy atom. The molecule has 0 amide bonds. The van der Waals surface area contributed by atoms with Crippen molar-refractivity contribution in [3.63, 3.8) is 0 Å². The first-order valence-corrected chi connectivity index (χ1v) is 10.8. The predicted molar refractivity (Wildman–Crippen MR) is 117 cm³/mol. The maximum absolute atomic E-state index is 4.79. The Kier molecular flexibility index (Phi) is 3.41. The second-order valence-electron chi connectivity index (χ2n) is 8.64. The quantitative estimate of drug-likeness (QED) is 0.561. The van der Waals surface area contributed by atoms with E-state index in [2.05, 4.69) is 83.2 Å². The van der Waals surface area contributed by atoms with Gasteiger partial charge in [-0.3, -0.25) is 0 Å². The molecule has 0 radical (unpaired) electrons. The van der Waals surface area contributed by atoms with E-state index in [-0.39, 0.29) is 17.0 Å². The fourth-order valence-corrected chi connectivity index (χ4v) is 6.68. The van der Waals surface area contributed by atoms with E-state index < -0.39 is 0 Å². The van der Waals surface area contributed by atoms with Crippen LogP contribution in [0.15, 0.2) is 67.1 Å². The van der Waals surface area contributed by atoms with Crippen molar-refractivity contribution in [1.29, 1.82) is 0 Å². The van der Waals surface area contributed by atoms with E-state index >= 15 is 0 Å². The summed E-state index contributed by atoms with van der Waals surface area (Å²) >= 11 is 0. The minimum Gasteiger partial charge on any atom is -0.315 e. The van der Waals surface area contributed by atoms with Crippen molar-refractivity contribution in [1.82, 2.24) is 9.97 Å². The third kappa shape index (κ3) is 1.85. The van der Waals surface area contributed by atoms with Gasteiger partial charge in [0.2, 0.25) is 0 Å². The monoisotopic (exact) mass is 382 g/mol. The lowest BCUT2D eigenvalue weighted by Crippen LogP contribution is -2.69. The van der Waals surface area contributed by atoms with Gasteiger partial charge in [-0.05, 0) is 49.4 Å². The number of fused-ring (bicyclic) bond motifs is 8. The largest absolute Gasteiger partial charge is 0.315 e. The first-order valence-electron chi connectivity index (χ1n) is 10.8. The molecule has 3 heterocycles. The van der Waals surface area contributed by atoms with Gasteiger partial charge in [0, 0.05) is 22.2 Å². The van der Waals surface area contributed by atoms with Gasteiger partial charge < -0.3 is 9.80 Å². The Balaban J connectivity index is 1.69. The Labute approximate surface area is 172 Å². The summed E-state index contributed by atoms with van der Waals surface area (Å²) in [5, 5.41) is 0. The normalized spacial score (nSPS) is 28.8. The van der Waals surface area contributed by atoms with Crippen molar-refractivity contribution in [3.8, 4) is 0 Å². The van der Waals surface area contributed by atoms with Gasteiger partial charge in [-0.25, -0.2) is 9.97 Å².